The average molecular weight is 648 g/mol. The summed E-state index contributed by atoms with van der Waals surface area (Å²) in [5, 5.41) is 24.3. The number of carboxylic acids is 1. The Kier molecular flexibility index (Phi) is 9.61. The Hall–Kier alpha value is -5.18. The molecule has 0 fully saturated rings. The number of carbonyl (C=O) groups is 2. The number of nitrogens with zero attached hydrogens (tertiary/aromatic N) is 2. The third kappa shape index (κ3) is 8.26. The number of alkyl halides is 6. The number of thiophene rings is 1. The number of amidine groups is 1. The van der Waals surface area contributed by atoms with Gasteiger partial charge in [0.15, 0.2) is 5.69 Å². The van der Waals surface area contributed by atoms with E-state index in [2.05, 4.69) is 10.4 Å². The molecule has 0 radical (unpaired) electrons. The van der Waals surface area contributed by atoms with Gasteiger partial charge >= 0.3 is 18.3 Å². The zero-order chi connectivity index (χ0) is 32.9. The minimum Gasteiger partial charge on any atom is -0.475 e. The molecule has 2 aromatic heterocycles. The van der Waals surface area contributed by atoms with Crippen LogP contribution in [-0.4, -0.2) is 38.8 Å². The van der Waals surface area contributed by atoms with E-state index in [4.69, 9.17) is 21.0 Å². The maximum absolute atomic E-state index is 13.6. The topological polar surface area (TPSA) is 134 Å². The van der Waals surface area contributed by atoms with Crippen LogP contribution in [0.5, 0.6) is 0 Å². The first-order valence-corrected chi connectivity index (χ1v) is 13.7. The zero-order valence-corrected chi connectivity index (χ0v) is 23.7. The quantitative estimate of drug-likeness (QED) is 0.0859. The fraction of sp³-hybridized carbons (Fsp3) is 0.133. The molecule has 0 spiro atoms. The summed E-state index contributed by atoms with van der Waals surface area (Å²) in [6.45, 7) is 0. The summed E-state index contributed by atoms with van der Waals surface area (Å²) in [6, 6.07) is 22.5. The van der Waals surface area contributed by atoms with E-state index in [-0.39, 0.29) is 11.7 Å². The summed E-state index contributed by atoms with van der Waals surface area (Å²) in [4.78, 5) is 22.5. The molecule has 5 N–H and O–H groups in total. The SMILES string of the molecule is N=C(N)c1ccc2scc(C(Cc3ccccc3)C(=O)Nc3ccc(-n4ccc(C(F)(F)F)n4)cc3)c2c1.O=C(O)C(F)(F)F. The molecule has 15 heteroatoms. The number of hydrogen-bond acceptors (Lipinski definition) is 5. The first kappa shape index (κ1) is 32.7. The number of amides is 1. The minimum atomic E-state index is -5.08. The summed E-state index contributed by atoms with van der Waals surface area (Å²) in [7, 11) is 0. The Morgan fingerprint density at radius 2 is 1.62 bits per heavy atom. The number of benzene rings is 3. The van der Waals surface area contributed by atoms with Gasteiger partial charge in [0, 0.05) is 22.1 Å². The standard InChI is InChI=1S/C28H22F3N5OS.C2HF3O2/c29-28(30,31)25-12-13-36(35-25)20-9-7-19(8-10-20)34-27(37)22(14-17-4-2-1-3-5-17)23-16-38-24-11-6-18(26(32)33)15-21(23)24;3-2(4,5)1(6)7/h1-13,15-16,22H,14H2,(H3,32,33)(H,34,37);(H,6,7). The van der Waals surface area contributed by atoms with E-state index in [9.17, 15) is 31.1 Å². The second kappa shape index (κ2) is 13.2. The fourth-order valence-electron chi connectivity index (χ4n) is 4.23. The van der Waals surface area contributed by atoms with E-state index in [1.54, 1.807) is 30.3 Å². The highest BCUT2D eigenvalue weighted by molar-refractivity contribution is 7.17. The largest absolute Gasteiger partial charge is 0.490 e. The van der Waals surface area contributed by atoms with Gasteiger partial charge < -0.3 is 16.2 Å². The second-order valence-corrected chi connectivity index (χ2v) is 10.5. The monoisotopic (exact) mass is 647 g/mol. The first-order valence-electron chi connectivity index (χ1n) is 12.9. The van der Waals surface area contributed by atoms with Crippen molar-refractivity contribution in [1.82, 2.24) is 9.78 Å². The molecule has 0 saturated carbocycles. The number of hydrogen-bond donors (Lipinski definition) is 4. The third-order valence-electron chi connectivity index (χ3n) is 6.41. The molecule has 5 rings (SSSR count). The van der Waals surface area contributed by atoms with Gasteiger partial charge in [-0.25, -0.2) is 9.48 Å². The molecule has 0 aliphatic rings. The molecule has 0 saturated heterocycles. The lowest BCUT2D eigenvalue weighted by atomic mass is 9.90. The van der Waals surface area contributed by atoms with Crippen molar-refractivity contribution in [3.8, 4) is 5.69 Å². The first-order chi connectivity index (χ1) is 21.1. The van der Waals surface area contributed by atoms with Crippen molar-refractivity contribution in [2.45, 2.75) is 24.7 Å². The van der Waals surface area contributed by atoms with E-state index < -0.39 is 29.9 Å². The number of fused-ring (bicyclic) bond motifs is 1. The Balaban J connectivity index is 0.000000591. The molecule has 234 valence electrons. The van der Waals surface area contributed by atoms with Crippen LogP contribution in [0.4, 0.5) is 32.0 Å². The highest BCUT2D eigenvalue weighted by atomic mass is 32.1. The summed E-state index contributed by atoms with van der Waals surface area (Å²) in [6.07, 6.45) is -7.92. The molecular weight excluding hydrogens is 624 g/mol. The molecule has 8 nitrogen and oxygen atoms in total. The van der Waals surface area contributed by atoms with Crippen LogP contribution >= 0.6 is 11.3 Å². The number of aliphatic carboxylic acids is 1. The molecule has 0 aliphatic heterocycles. The number of carbonyl (C=O) groups excluding carboxylic acids is 1. The van der Waals surface area contributed by atoms with E-state index >= 15 is 0 Å². The Labute approximate surface area is 255 Å². The summed E-state index contributed by atoms with van der Waals surface area (Å²) in [5.74, 6) is -3.57. The summed E-state index contributed by atoms with van der Waals surface area (Å²) in [5.41, 5.74) is 8.07. The van der Waals surface area contributed by atoms with Crippen LogP contribution in [-0.2, 0) is 22.2 Å². The van der Waals surface area contributed by atoms with Gasteiger partial charge in [-0.3, -0.25) is 10.2 Å². The van der Waals surface area contributed by atoms with Gasteiger partial charge in [-0.05, 0) is 76.8 Å². The van der Waals surface area contributed by atoms with Crippen molar-refractivity contribution in [2.24, 2.45) is 5.73 Å². The highest BCUT2D eigenvalue weighted by Crippen LogP contribution is 2.35. The van der Waals surface area contributed by atoms with E-state index in [1.165, 1.54) is 17.5 Å². The van der Waals surface area contributed by atoms with E-state index in [0.717, 1.165) is 32.0 Å². The molecule has 2 heterocycles. The molecule has 1 unspecified atom stereocenters. The van der Waals surface area contributed by atoms with Crippen LogP contribution in [0.25, 0.3) is 15.8 Å². The number of carboxylic acid groups (broad SMARTS) is 1. The number of nitrogens with two attached hydrogens (primary N) is 1. The van der Waals surface area contributed by atoms with Gasteiger partial charge in [0.2, 0.25) is 5.91 Å². The third-order valence-corrected chi connectivity index (χ3v) is 7.39. The molecule has 1 atom stereocenters. The molecule has 45 heavy (non-hydrogen) atoms. The smallest absolute Gasteiger partial charge is 0.475 e. The number of aromatic nitrogens is 2. The number of anilines is 1. The van der Waals surface area contributed by atoms with E-state index in [0.29, 0.717) is 23.4 Å². The second-order valence-electron chi connectivity index (χ2n) is 9.54. The van der Waals surface area contributed by atoms with Crippen molar-refractivity contribution in [2.75, 3.05) is 5.32 Å². The normalized spacial score (nSPS) is 12.2. The number of halogens is 6. The number of nitrogen functional groups attached to an aromatic ring is 1. The molecule has 0 bridgehead atoms. The van der Waals surface area contributed by atoms with Crippen LogP contribution < -0.4 is 11.1 Å². The lowest BCUT2D eigenvalue weighted by Gasteiger charge is -2.18. The zero-order valence-electron chi connectivity index (χ0n) is 22.9. The Bertz CT molecular complexity index is 1820. The van der Waals surface area contributed by atoms with Gasteiger partial charge in [0.05, 0.1) is 11.6 Å². The molecule has 5 aromatic rings. The Morgan fingerprint density at radius 1 is 0.978 bits per heavy atom. The lowest BCUT2D eigenvalue weighted by molar-refractivity contribution is -0.192. The maximum atomic E-state index is 13.6. The molecule has 3 aromatic carbocycles. The van der Waals surface area contributed by atoms with Crippen LogP contribution in [0.1, 0.15) is 28.3 Å². The van der Waals surface area contributed by atoms with Gasteiger partial charge in [-0.15, -0.1) is 11.3 Å². The van der Waals surface area contributed by atoms with Crippen molar-refractivity contribution in [3.05, 3.63) is 113 Å². The molecular formula is C30H23F6N5O3S. The predicted molar refractivity (Wildman–Crippen MR) is 157 cm³/mol. The van der Waals surface area contributed by atoms with Crippen molar-refractivity contribution >= 4 is 44.8 Å². The Morgan fingerprint density at radius 3 is 2.18 bits per heavy atom. The van der Waals surface area contributed by atoms with Gasteiger partial charge in [0.1, 0.15) is 5.84 Å². The average Bonchev–Trinajstić information content (AvgIpc) is 3.64. The summed E-state index contributed by atoms with van der Waals surface area (Å²) < 4.78 is 72.5. The number of rotatable bonds is 7. The molecule has 1 amide bonds. The highest BCUT2D eigenvalue weighted by Gasteiger charge is 2.38. The summed E-state index contributed by atoms with van der Waals surface area (Å²) >= 11 is 1.52. The van der Waals surface area contributed by atoms with Gasteiger partial charge in [-0.2, -0.15) is 31.4 Å². The van der Waals surface area contributed by atoms with E-state index in [1.807, 2.05) is 47.8 Å². The van der Waals surface area contributed by atoms with Crippen LogP contribution in [0.15, 0.2) is 90.4 Å². The number of nitrogens with one attached hydrogen (secondary N) is 2. The molecule has 0 aliphatic carbocycles. The van der Waals surface area contributed by atoms with Gasteiger partial charge in [-0.1, -0.05) is 30.3 Å². The van der Waals surface area contributed by atoms with Crippen molar-refractivity contribution in [3.63, 3.8) is 0 Å². The minimum absolute atomic E-state index is 0.0484. The van der Waals surface area contributed by atoms with Crippen molar-refractivity contribution in [1.29, 1.82) is 5.41 Å². The fourth-order valence-corrected chi connectivity index (χ4v) is 5.22. The lowest BCUT2D eigenvalue weighted by Crippen LogP contribution is -2.23. The van der Waals surface area contributed by atoms with Crippen LogP contribution in [0.3, 0.4) is 0 Å². The maximum Gasteiger partial charge on any atom is 0.490 e. The van der Waals surface area contributed by atoms with Crippen LogP contribution in [0.2, 0.25) is 0 Å². The van der Waals surface area contributed by atoms with Crippen molar-refractivity contribution < 1.29 is 41.0 Å². The van der Waals surface area contributed by atoms with Gasteiger partial charge in [0.25, 0.3) is 0 Å². The van der Waals surface area contributed by atoms with Crippen LogP contribution in [0, 0.1) is 5.41 Å². The predicted octanol–water partition coefficient (Wildman–Crippen LogP) is 6.99.